The molecule has 76 valence electrons. The van der Waals surface area contributed by atoms with Gasteiger partial charge in [-0.15, -0.1) is 0 Å². The quantitative estimate of drug-likeness (QED) is 0.659. The Hall–Kier alpha value is -0.630. The maximum atomic E-state index is 13.0. The summed E-state index contributed by atoms with van der Waals surface area (Å²) in [6.07, 6.45) is 0.469. The molecule has 0 aromatic heterocycles. The standard InChI is InChI=1S/C11H11ClF2/c12-10-4-2-1-3-9(10)8-5-6-11(13,14)7-8/h1-4,8H,5-7H2. The second kappa shape index (κ2) is 3.50. The van der Waals surface area contributed by atoms with Crippen LogP contribution in [-0.4, -0.2) is 5.92 Å². The van der Waals surface area contributed by atoms with E-state index in [0.29, 0.717) is 11.4 Å². The summed E-state index contributed by atoms with van der Waals surface area (Å²) >= 11 is 5.95. The van der Waals surface area contributed by atoms with Gasteiger partial charge in [-0.1, -0.05) is 29.8 Å². The van der Waals surface area contributed by atoms with Gasteiger partial charge in [0, 0.05) is 17.9 Å². The van der Waals surface area contributed by atoms with E-state index in [1.54, 1.807) is 6.07 Å². The van der Waals surface area contributed by atoms with Gasteiger partial charge in [0.2, 0.25) is 5.92 Å². The van der Waals surface area contributed by atoms with Crippen molar-refractivity contribution < 1.29 is 8.78 Å². The van der Waals surface area contributed by atoms with Gasteiger partial charge in [-0.3, -0.25) is 0 Å². The molecule has 0 spiro atoms. The van der Waals surface area contributed by atoms with Crippen molar-refractivity contribution in [3.63, 3.8) is 0 Å². The second-order valence-electron chi connectivity index (χ2n) is 3.82. The monoisotopic (exact) mass is 216 g/mol. The van der Waals surface area contributed by atoms with Crippen molar-refractivity contribution >= 4 is 11.6 Å². The highest BCUT2D eigenvalue weighted by molar-refractivity contribution is 6.31. The Morgan fingerprint density at radius 1 is 1.29 bits per heavy atom. The molecular formula is C11H11ClF2. The summed E-state index contributed by atoms with van der Waals surface area (Å²) in [6, 6.07) is 7.26. The van der Waals surface area contributed by atoms with E-state index in [2.05, 4.69) is 0 Å². The molecule has 1 aliphatic rings. The lowest BCUT2D eigenvalue weighted by Gasteiger charge is -2.12. The number of alkyl halides is 2. The summed E-state index contributed by atoms with van der Waals surface area (Å²) in [5.41, 5.74) is 0.867. The van der Waals surface area contributed by atoms with Gasteiger partial charge in [0.15, 0.2) is 0 Å². The van der Waals surface area contributed by atoms with Gasteiger partial charge in [-0.05, 0) is 24.0 Å². The van der Waals surface area contributed by atoms with Crippen LogP contribution in [0.1, 0.15) is 30.7 Å². The molecule has 14 heavy (non-hydrogen) atoms. The van der Waals surface area contributed by atoms with Crippen LogP contribution in [0, 0.1) is 0 Å². The third-order valence-electron chi connectivity index (χ3n) is 2.75. The molecular weight excluding hydrogens is 206 g/mol. The van der Waals surface area contributed by atoms with Crippen molar-refractivity contribution in [3.8, 4) is 0 Å². The van der Waals surface area contributed by atoms with Crippen LogP contribution >= 0.6 is 11.6 Å². The largest absolute Gasteiger partial charge is 0.248 e. The van der Waals surface area contributed by atoms with E-state index in [-0.39, 0.29) is 18.8 Å². The smallest absolute Gasteiger partial charge is 0.207 e. The number of halogens is 3. The highest BCUT2D eigenvalue weighted by atomic mass is 35.5. The van der Waals surface area contributed by atoms with Gasteiger partial charge in [0.05, 0.1) is 0 Å². The van der Waals surface area contributed by atoms with Gasteiger partial charge in [0.25, 0.3) is 0 Å². The van der Waals surface area contributed by atoms with E-state index >= 15 is 0 Å². The summed E-state index contributed by atoms with van der Waals surface area (Å²) in [5.74, 6) is -2.57. The zero-order chi connectivity index (χ0) is 10.2. The van der Waals surface area contributed by atoms with Crippen LogP contribution < -0.4 is 0 Å². The molecule has 1 saturated carbocycles. The topological polar surface area (TPSA) is 0 Å². The minimum atomic E-state index is -2.50. The van der Waals surface area contributed by atoms with Crippen LogP contribution in [0.15, 0.2) is 24.3 Å². The zero-order valence-corrected chi connectivity index (χ0v) is 8.40. The molecule has 1 unspecified atom stereocenters. The summed E-state index contributed by atoms with van der Waals surface area (Å²) in [7, 11) is 0. The van der Waals surface area contributed by atoms with Gasteiger partial charge in [-0.2, -0.15) is 0 Å². The molecule has 1 atom stereocenters. The second-order valence-corrected chi connectivity index (χ2v) is 4.22. The first-order valence-electron chi connectivity index (χ1n) is 4.71. The third kappa shape index (κ3) is 1.90. The molecule has 3 heteroatoms. The molecule has 0 N–H and O–H groups in total. The van der Waals surface area contributed by atoms with Crippen molar-refractivity contribution in [2.75, 3.05) is 0 Å². The third-order valence-corrected chi connectivity index (χ3v) is 3.09. The average molecular weight is 217 g/mol. The van der Waals surface area contributed by atoms with E-state index < -0.39 is 5.92 Å². The molecule has 1 aromatic carbocycles. The molecule has 1 aliphatic carbocycles. The molecule has 0 saturated heterocycles. The number of rotatable bonds is 1. The van der Waals surface area contributed by atoms with Gasteiger partial charge < -0.3 is 0 Å². The SMILES string of the molecule is FC1(F)CCC(c2ccccc2Cl)C1. The van der Waals surface area contributed by atoms with E-state index in [4.69, 9.17) is 11.6 Å². The van der Waals surface area contributed by atoms with Crippen LogP contribution in [0.25, 0.3) is 0 Å². The first-order chi connectivity index (χ1) is 6.58. The Morgan fingerprint density at radius 2 is 2.00 bits per heavy atom. The summed E-state index contributed by atoms with van der Waals surface area (Å²) < 4.78 is 25.9. The van der Waals surface area contributed by atoms with Crippen LogP contribution in [-0.2, 0) is 0 Å². The normalized spacial score (nSPS) is 25.2. The van der Waals surface area contributed by atoms with Crippen LogP contribution in [0.4, 0.5) is 8.78 Å². The minimum Gasteiger partial charge on any atom is -0.207 e. The Morgan fingerprint density at radius 3 is 2.57 bits per heavy atom. The van der Waals surface area contributed by atoms with Crippen LogP contribution in [0.5, 0.6) is 0 Å². The number of benzene rings is 1. The summed E-state index contributed by atoms with van der Waals surface area (Å²) in [6.45, 7) is 0. The molecule has 0 aliphatic heterocycles. The number of hydrogen-bond acceptors (Lipinski definition) is 0. The Kier molecular flexibility index (Phi) is 2.48. The van der Waals surface area contributed by atoms with Crippen molar-refractivity contribution in [2.45, 2.75) is 31.1 Å². The predicted octanol–water partition coefficient (Wildman–Crippen LogP) is 4.24. The molecule has 0 heterocycles. The summed E-state index contributed by atoms with van der Waals surface area (Å²) in [4.78, 5) is 0. The minimum absolute atomic E-state index is 0.0110. The molecule has 0 bridgehead atoms. The number of hydrogen-bond donors (Lipinski definition) is 0. The van der Waals surface area contributed by atoms with Crippen molar-refractivity contribution in [2.24, 2.45) is 0 Å². The van der Waals surface area contributed by atoms with Gasteiger partial charge >= 0.3 is 0 Å². The van der Waals surface area contributed by atoms with Gasteiger partial charge in [-0.25, -0.2) is 8.78 Å². The lowest BCUT2D eigenvalue weighted by atomic mass is 9.97. The Balaban J connectivity index is 2.22. The fraction of sp³-hybridized carbons (Fsp3) is 0.455. The lowest BCUT2D eigenvalue weighted by Crippen LogP contribution is -2.09. The van der Waals surface area contributed by atoms with E-state index in [9.17, 15) is 8.78 Å². The first-order valence-corrected chi connectivity index (χ1v) is 5.08. The molecule has 0 amide bonds. The Labute approximate surface area is 86.9 Å². The van der Waals surface area contributed by atoms with Crippen LogP contribution in [0.3, 0.4) is 0 Å². The fourth-order valence-corrected chi connectivity index (χ4v) is 2.31. The average Bonchev–Trinajstić information content (AvgIpc) is 2.47. The van der Waals surface area contributed by atoms with Gasteiger partial charge in [0.1, 0.15) is 0 Å². The highest BCUT2D eigenvalue weighted by Crippen LogP contribution is 2.45. The lowest BCUT2D eigenvalue weighted by molar-refractivity contribution is 0.00777. The van der Waals surface area contributed by atoms with Crippen molar-refractivity contribution in [3.05, 3.63) is 34.9 Å². The first kappa shape index (κ1) is 9.91. The summed E-state index contributed by atoms with van der Waals surface area (Å²) in [5, 5.41) is 0.607. The van der Waals surface area contributed by atoms with E-state index in [1.165, 1.54) is 0 Å². The van der Waals surface area contributed by atoms with E-state index in [0.717, 1.165) is 5.56 Å². The highest BCUT2D eigenvalue weighted by Gasteiger charge is 2.40. The maximum absolute atomic E-state index is 13.0. The van der Waals surface area contributed by atoms with E-state index in [1.807, 2.05) is 18.2 Å². The molecule has 1 aromatic rings. The molecule has 0 nitrogen and oxygen atoms in total. The van der Waals surface area contributed by atoms with Crippen LogP contribution in [0.2, 0.25) is 5.02 Å². The maximum Gasteiger partial charge on any atom is 0.248 e. The molecule has 2 rings (SSSR count). The van der Waals surface area contributed by atoms with Crippen molar-refractivity contribution in [1.82, 2.24) is 0 Å². The zero-order valence-electron chi connectivity index (χ0n) is 7.64. The van der Waals surface area contributed by atoms with Crippen molar-refractivity contribution in [1.29, 1.82) is 0 Å². The fourth-order valence-electron chi connectivity index (χ4n) is 2.02. The molecule has 0 radical (unpaired) electrons. The molecule has 1 fully saturated rings. The Bertz CT molecular complexity index is 336. The predicted molar refractivity (Wildman–Crippen MR) is 53.0 cm³/mol.